The fourth-order valence-electron chi connectivity index (χ4n) is 2.87. The second-order valence-corrected chi connectivity index (χ2v) is 9.96. The van der Waals surface area contributed by atoms with Gasteiger partial charge in [0.05, 0.1) is 10.6 Å². The first-order valence-electron chi connectivity index (χ1n) is 10.2. The van der Waals surface area contributed by atoms with Gasteiger partial charge in [0.25, 0.3) is 5.91 Å². The first kappa shape index (κ1) is 23.8. The largest absolute Gasteiger partial charge is 0.483 e. The summed E-state index contributed by atoms with van der Waals surface area (Å²) in [5.74, 6) is 0.161. The van der Waals surface area contributed by atoms with Gasteiger partial charge >= 0.3 is 0 Å². The van der Waals surface area contributed by atoms with Crippen molar-refractivity contribution in [2.75, 3.05) is 18.5 Å². The SMILES string of the molecule is CCCNS(=O)(=O)c1ccc(OCC(=O)Nc2ccccc2Sc2ccccc2)c(C)c1. The van der Waals surface area contributed by atoms with Crippen LogP contribution in [0.1, 0.15) is 18.9 Å². The van der Waals surface area contributed by atoms with Crippen LogP contribution < -0.4 is 14.8 Å². The van der Waals surface area contributed by atoms with Crippen LogP contribution in [-0.2, 0) is 14.8 Å². The molecule has 0 unspecified atom stereocenters. The molecule has 32 heavy (non-hydrogen) atoms. The highest BCUT2D eigenvalue weighted by Crippen LogP contribution is 2.33. The Hall–Kier alpha value is -2.81. The van der Waals surface area contributed by atoms with Crippen LogP contribution >= 0.6 is 11.8 Å². The van der Waals surface area contributed by atoms with E-state index in [4.69, 9.17) is 4.74 Å². The molecule has 3 aromatic carbocycles. The third kappa shape index (κ3) is 6.59. The zero-order valence-electron chi connectivity index (χ0n) is 18.0. The first-order chi connectivity index (χ1) is 15.4. The molecule has 0 aliphatic carbocycles. The molecule has 0 spiro atoms. The Balaban J connectivity index is 1.62. The number of hydrogen-bond donors (Lipinski definition) is 2. The van der Waals surface area contributed by atoms with Crippen molar-refractivity contribution < 1.29 is 17.9 Å². The Kier molecular flexibility index (Phi) is 8.33. The molecular formula is C24H26N2O4S2. The monoisotopic (exact) mass is 470 g/mol. The van der Waals surface area contributed by atoms with E-state index >= 15 is 0 Å². The molecule has 0 saturated heterocycles. The number of hydrogen-bond acceptors (Lipinski definition) is 5. The fourth-order valence-corrected chi connectivity index (χ4v) is 5.02. The van der Waals surface area contributed by atoms with Gasteiger partial charge in [0, 0.05) is 16.3 Å². The summed E-state index contributed by atoms with van der Waals surface area (Å²) in [6.45, 7) is 3.83. The molecule has 168 valence electrons. The highest BCUT2D eigenvalue weighted by molar-refractivity contribution is 7.99. The lowest BCUT2D eigenvalue weighted by Gasteiger charge is -2.13. The second kappa shape index (κ2) is 11.2. The molecule has 1 amide bonds. The number of sulfonamides is 1. The number of ether oxygens (including phenoxy) is 1. The quantitative estimate of drug-likeness (QED) is 0.442. The number of rotatable bonds is 10. The van der Waals surface area contributed by atoms with Gasteiger partial charge in [-0.25, -0.2) is 13.1 Å². The van der Waals surface area contributed by atoms with Gasteiger partial charge in [0.15, 0.2) is 6.61 Å². The molecule has 0 aliphatic rings. The van der Waals surface area contributed by atoms with Crippen LogP contribution in [0.25, 0.3) is 0 Å². The maximum Gasteiger partial charge on any atom is 0.262 e. The first-order valence-corrected chi connectivity index (χ1v) is 12.5. The predicted molar refractivity (Wildman–Crippen MR) is 128 cm³/mol. The summed E-state index contributed by atoms with van der Waals surface area (Å²) in [6, 6.07) is 22.1. The summed E-state index contributed by atoms with van der Waals surface area (Å²) in [4.78, 5) is 14.7. The lowest BCUT2D eigenvalue weighted by molar-refractivity contribution is -0.118. The molecule has 0 fully saturated rings. The third-order valence-corrected chi connectivity index (χ3v) is 7.03. The van der Waals surface area contributed by atoms with Crippen LogP contribution in [-0.4, -0.2) is 27.5 Å². The summed E-state index contributed by atoms with van der Waals surface area (Å²) >= 11 is 1.56. The minimum absolute atomic E-state index is 0.173. The Morgan fingerprint density at radius 3 is 2.44 bits per heavy atom. The second-order valence-electron chi connectivity index (χ2n) is 7.07. The lowest BCUT2D eigenvalue weighted by atomic mass is 10.2. The topological polar surface area (TPSA) is 84.5 Å². The molecule has 0 atom stereocenters. The van der Waals surface area contributed by atoms with Gasteiger partial charge in [-0.1, -0.05) is 49.0 Å². The van der Waals surface area contributed by atoms with E-state index in [1.54, 1.807) is 24.8 Å². The predicted octanol–water partition coefficient (Wildman–Crippen LogP) is 4.85. The van der Waals surface area contributed by atoms with Crippen LogP contribution in [0, 0.1) is 6.92 Å². The van der Waals surface area contributed by atoms with Crippen molar-refractivity contribution in [1.29, 1.82) is 0 Å². The number of anilines is 1. The molecular weight excluding hydrogens is 444 g/mol. The summed E-state index contributed by atoms with van der Waals surface area (Å²) < 4.78 is 32.7. The summed E-state index contributed by atoms with van der Waals surface area (Å²) in [5.41, 5.74) is 1.34. The molecule has 0 aliphatic heterocycles. The van der Waals surface area contributed by atoms with Crippen LogP contribution in [0.3, 0.4) is 0 Å². The van der Waals surface area contributed by atoms with Crippen molar-refractivity contribution >= 4 is 33.4 Å². The Labute approximate surface area is 193 Å². The molecule has 0 bridgehead atoms. The van der Waals surface area contributed by atoms with Crippen LogP contribution in [0.2, 0.25) is 0 Å². The molecule has 0 heterocycles. The van der Waals surface area contributed by atoms with Gasteiger partial charge in [-0.15, -0.1) is 0 Å². The standard InChI is InChI=1S/C24H26N2O4S2/c1-3-15-25-32(28,29)20-13-14-22(18(2)16-20)30-17-24(27)26-21-11-7-8-12-23(21)31-19-9-5-4-6-10-19/h4-14,16,25H,3,15,17H2,1-2H3,(H,26,27). The third-order valence-electron chi connectivity index (χ3n) is 4.49. The van der Waals surface area contributed by atoms with E-state index < -0.39 is 10.0 Å². The maximum absolute atomic E-state index is 12.5. The molecule has 0 saturated carbocycles. The molecule has 3 rings (SSSR count). The van der Waals surface area contributed by atoms with E-state index in [-0.39, 0.29) is 17.4 Å². The number of carbonyl (C=O) groups excluding carboxylic acids is 1. The fraction of sp³-hybridized carbons (Fsp3) is 0.208. The zero-order valence-corrected chi connectivity index (χ0v) is 19.6. The molecule has 0 aromatic heterocycles. The van der Waals surface area contributed by atoms with E-state index in [9.17, 15) is 13.2 Å². The summed E-state index contributed by atoms with van der Waals surface area (Å²) in [6.07, 6.45) is 0.710. The van der Waals surface area contributed by atoms with Crippen LogP contribution in [0.15, 0.2) is 87.5 Å². The van der Waals surface area contributed by atoms with Gasteiger partial charge in [0.2, 0.25) is 10.0 Å². The molecule has 0 radical (unpaired) electrons. The van der Waals surface area contributed by atoms with Gasteiger partial charge < -0.3 is 10.1 Å². The van der Waals surface area contributed by atoms with Gasteiger partial charge in [-0.05, 0) is 61.4 Å². The number of benzene rings is 3. The number of para-hydroxylation sites is 1. The van der Waals surface area contributed by atoms with E-state index in [0.29, 0.717) is 30.0 Å². The average Bonchev–Trinajstić information content (AvgIpc) is 2.79. The van der Waals surface area contributed by atoms with Crippen molar-refractivity contribution in [3.8, 4) is 5.75 Å². The van der Waals surface area contributed by atoms with Crippen molar-refractivity contribution in [3.05, 3.63) is 78.4 Å². The maximum atomic E-state index is 12.5. The molecule has 2 N–H and O–H groups in total. The smallest absolute Gasteiger partial charge is 0.262 e. The number of aryl methyl sites for hydroxylation is 1. The van der Waals surface area contributed by atoms with Gasteiger partial charge in [-0.2, -0.15) is 0 Å². The van der Waals surface area contributed by atoms with E-state index in [2.05, 4.69) is 10.0 Å². The number of amides is 1. The average molecular weight is 471 g/mol. The van der Waals surface area contributed by atoms with Crippen molar-refractivity contribution in [2.45, 2.75) is 35.0 Å². The number of nitrogens with one attached hydrogen (secondary N) is 2. The van der Waals surface area contributed by atoms with E-state index in [0.717, 1.165) is 9.79 Å². The summed E-state index contributed by atoms with van der Waals surface area (Å²) in [5, 5.41) is 2.89. The van der Waals surface area contributed by atoms with Crippen molar-refractivity contribution in [2.24, 2.45) is 0 Å². The molecule has 8 heteroatoms. The van der Waals surface area contributed by atoms with Gasteiger partial charge in [0.1, 0.15) is 5.75 Å². The summed E-state index contributed by atoms with van der Waals surface area (Å²) in [7, 11) is -3.55. The van der Waals surface area contributed by atoms with Crippen molar-refractivity contribution in [3.63, 3.8) is 0 Å². The van der Waals surface area contributed by atoms with Crippen molar-refractivity contribution in [1.82, 2.24) is 4.72 Å². The molecule has 6 nitrogen and oxygen atoms in total. The Bertz CT molecular complexity index is 1170. The van der Waals surface area contributed by atoms with Crippen LogP contribution in [0.5, 0.6) is 5.75 Å². The highest BCUT2D eigenvalue weighted by Gasteiger charge is 2.15. The lowest BCUT2D eigenvalue weighted by Crippen LogP contribution is -2.24. The molecule has 3 aromatic rings. The minimum Gasteiger partial charge on any atom is -0.483 e. The van der Waals surface area contributed by atoms with E-state index in [1.807, 2.05) is 61.5 Å². The van der Waals surface area contributed by atoms with Gasteiger partial charge in [-0.3, -0.25) is 4.79 Å². The minimum atomic E-state index is -3.55. The van der Waals surface area contributed by atoms with E-state index in [1.165, 1.54) is 12.1 Å². The highest BCUT2D eigenvalue weighted by atomic mass is 32.2. The zero-order chi connectivity index (χ0) is 23.0. The van der Waals surface area contributed by atoms with Crippen LogP contribution in [0.4, 0.5) is 5.69 Å². The Morgan fingerprint density at radius 2 is 1.72 bits per heavy atom. The Morgan fingerprint density at radius 1 is 1.00 bits per heavy atom. The normalized spacial score (nSPS) is 11.2. The number of carbonyl (C=O) groups is 1.